The van der Waals surface area contributed by atoms with Crippen LogP contribution in [0.1, 0.15) is 21.5 Å². The molecular weight excluding hydrogens is 330 g/mol. The van der Waals surface area contributed by atoms with Crippen LogP contribution in [0.3, 0.4) is 0 Å². The van der Waals surface area contributed by atoms with E-state index >= 15 is 0 Å². The molecule has 0 atom stereocenters. The Labute approximate surface area is 150 Å². The molecule has 0 radical (unpaired) electrons. The van der Waals surface area contributed by atoms with Crippen molar-refractivity contribution in [2.45, 2.75) is 13.8 Å². The molecule has 7 nitrogen and oxygen atoms in total. The maximum Gasteiger partial charge on any atom is 0.251 e. The molecule has 0 spiro atoms. The third-order valence-electron chi connectivity index (χ3n) is 3.73. The van der Waals surface area contributed by atoms with E-state index in [0.717, 1.165) is 11.1 Å². The zero-order chi connectivity index (χ0) is 18.5. The molecule has 0 saturated heterocycles. The molecule has 0 saturated carbocycles. The Kier molecular flexibility index (Phi) is 5.07. The van der Waals surface area contributed by atoms with E-state index in [4.69, 9.17) is 0 Å². The van der Waals surface area contributed by atoms with Gasteiger partial charge in [0.25, 0.3) is 5.91 Å². The number of anilines is 1. The Hall–Kier alpha value is -3.48. The number of amides is 2. The minimum Gasteiger partial charge on any atom is -0.343 e. The van der Waals surface area contributed by atoms with Crippen LogP contribution in [0.2, 0.25) is 0 Å². The van der Waals surface area contributed by atoms with Crippen molar-refractivity contribution < 1.29 is 9.59 Å². The van der Waals surface area contributed by atoms with Crippen LogP contribution < -0.4 is 10.6 Å². The fraction of sp³-hybridized carbons (Fsp3) is 0.158. The highest BCUT2D eigenvalue weighted by molar-refractivity contribution is 6.00. The zero-order valence-corrected chi connectivity index (χ0v) is 14.5. The fourth-order valence-corrected chi connectivity index (χ4v) is 2.65. The number of benzene rings is 1. The first kappa shape index (κ1) is 17.3. The van der Waals surface area contributed by atoms with Crippen LogP contribution in [0.25, 0.3) is 11.4 Å². The third-order valence-corrected chi connectivity index (χ3v) is 3.73. The number of hydrogen-bond donors (Lipinski definition) is 3. The van der Waals surface area contributed by atoms with Crippen molar-refractivity contribution in [3.63, 3.8) is 0 Å². The van der Waals surface area contributed by atoms with Gasteiger partial charge in [0.1, 0.15) is 5.69 Å². The topological polar surface area (TPSA) is 99.8 Å². The number of nitrogens with one attached hydrogen (secondary N) is 3. The smallest absolute Gasteiger partial charge is 0.251 e. The quantitative estimate of drug-likeness (QED) is 0.659. The van der Waals surface area contributed by atoms with E-state index in [1.165, 1.54) is 6.20 Å². The number of aryl methyl sites for hydroxylation is 2. The van der Waals surface area contributed by atoms with E-state index in [1.807, 2.05) is 32.0 Å². The van der Waals surface area contributed by atoms with Gasteiger partial charge in [0.15, 0.2) is 0 Å². The number of aromatic nitrogens is 3. The van der Waals surface area contributed by atoms with E-state index in [9.17, 15) is 9.59 Å². The number of carbonyl (C=O) groups is 2. The summed E-state index contributed by atoms with van der Waals surface area (Å²) < 4.78 is 0. The molecule has 3 rings (SSSR count). The maximum atomic E-state index is 12.2. The zero-order valence-electron chi connectivity index (χ0n) is 14.5. The number of H-pyrrole nitrogens is 1. The number of pyridine rings is 1. The summed E-state index contributed by atoms with van der Waals surface area (Å²) in [5, 5.41) is 12.1. The van der Waals surface area contributed by atoms with E-state index in [0.29, 0.717) is 22.6 Å². The molecule has 2 amide bonds. The van der Waals surface area contributed by atoms with Gasteiger partial charge in [0, 0.05) is 11.8 Å². The Bertz CT molecular complexity index is 914. The Morgan fingerprint density at radius 2 is 1.88 bits per heavy atom. The van der Waals surface area contributed by atoms with Gasteiger partial charge in [0.05, 0.1) is 24.1 Å². The Morgan fingerprint density at radius 3 is 2.58 bits per heavy atom. The average molecular weight is 349 g/mol. The van der Waals surface area contributed by atoms with Crippen LogP contribution >= 0.6 is 0 Å². The first-order valence-electron chi connectivity index (χ1n) is 8.14. The summed E-state index contributed by atoms with van der Waals surface area (Å²) in [5.41, 5.74) is 4.32. The third kappa shape index (κ3) is 4.13. The molecule has 0 aliphatic rings. The van der Waals surface area contributed by atoms with Gasteiger partial charge in [0.2, 0.25) is 5.91 Å². The van der Waals surface area contributed by atoms with E-state index < -0.39 is 0 Å². The van der Waals surface area contributed by atoms with Gasteiger partial charge >= 0.3 is 0 Å². The monoisotopic (exact) mass is 349 g/mol. The van der Waals surface area contributed by atoms with Crippen LogP contribution in [-0.4, -0.2) is 33.5 Å². The number of nitrogens with zero attached hydrogens (tertiary/aromatic N) is 2. The summed E-state index contributed by atoms with van der Waals surface area (Å²) >= 11 is 0. The van der Waals surface area contributed by atoms with Crippen LogP contribution in [0.15, 0.2) is 48.8 Å². The van der Waals surface area contributed by atoms with Gasteiger partial charge in [-0.1, -0.05) is 23.3 Å². The van der Waals surface area contributed by atoms with Gasteiger partial charge in [-0.25, -0.2) is 0 Å². The summed E-state index contributed by atoms with van der Waals surface area (Å²) in [4.78, 5) is 28.6. The van der Waals surface area contributed by atoms with Crippen LogP contribution in [0, 0.1) is 13.8 Å². The van der Waals surface area contributed by atoms with Crippen LogP contribution in [-0.2, 0) is 4.79 Å². The van der Waals surface area contributed by atoms with E-state index in [1.54, 1.807) is 24.4 Å². The highest BCUT2D eigenvalue weighted by atomic mass is 16.2. The van der Waals surface area contributed by atoms with Gasteiger partial charge in [-0.3, -0.25) is 19.7 Å². The normalized spacial score (nSPS) is 10.4. The van der Waals surface area contributed by atoms with Crippen molar-refractivity contribution in [3.05, 3.63) is 65.5 Å². The molecular formula is C19H19N5O2. The summed E-state index contributed by atoms with van der Waals surface area (Å²) in [7, 11) is 0. The number of aromatic amines is 1. The molecule has 132 valence electrons. The first-order valence-corrected chi connectivity index (χ1v) is 8.14. The molecule has 2 aromatic heterocycles. The van der Waals surface area contributed by atoms with Gasteiger partial charge in [-0.15, -0.1) is 0 Å². The van der Waals surface area contributed by atoms with Crippen molar-refractivity contribution in [3.8, 4) is 11.4 Å². The van der Waals surface area contributed by atoms with Crippen molar-refractivity contribution in [2.24, 2.45) is 0 Å². The second-order valence-electron chi connectivity index (χ2n) is 5.98. The van der Waals surface area contributed by atoms with Gasteiger partial charge < -0.3 is 10.6 Å². The predicted molar refractivity (Wildman–Crippen MR) is 98.7 cm³/mol. The van der Waals surface area contributed by atoms with Gasteiger partial charge in [-0.05, 0) is 38.1 Å². The van der Waals surface area contributed by atoms with E-state index in [-0.39, 0.29) is 18.4 Å². The molecule has 0 unspecified atom stereocenters. The average Bonchev–Trinajstić information content (AvgIpc) is 3.07. The molecule has 0 aliphatic carbocycles. The Morgan fingerprint density at radius 1 is 1.12 bits per heavy atom. The van der Waals surface area contributed by atoms with Crippen molar-refractivity contribution in [2.75, 3.05) is 11.9 Å². The molecule has 0 fully saturated rings. The lowest BCUT2D eigenvalue weighted by Gasteiger charge is -2.08. The first-order chi connectivity index (χ1) is 12.5. The number of rotatable bonds is 5. The lowest BCUT2D eigenvalue weighted by molar-refractivity contribution is -0.115. The SMILES string of the molecule is Cc1cc(C)cc(C(=O)NCC(=O)Nc2cn[nH]c2-c2ccccn2)c1. The van der Waals surface area contributed by atoms with Crippen molar-refractivity contribution >= 4 is 17.5 Å². The van der Waals surface area contributed by atoms with Crippen LogP contribution in [0.4, 0.5) is 5.69 Å². The molecule has 7 heteroatoms. The van der Waals surface area contributed by atoms with Crippen LogP contribution in [0.5, 0.6) is 0 Å². The number of hydrogen-bond acceptors (Lipinski definition) is 4. The maximum absolute atomic E-state index is 12.2. The number of carbonyl (C=O) groups excluding carboxylic acids is 2. The van der Waals surface area contributed by atoms with Crippen molar-refractivity contribution in [1.82, 2.24) is 20.5 Å². The van der Waals surface area contributed by atoms with E-state index in [2.05, 4.69) is 25.8 Å². The fourth-order valence-electron chi connectivity index (χ4n) is 2.65. The molecule has 0 aliphatic heterocycles. The summed E-state index contributed by atoms with van der Waals surface area (Å²) in [6, 6.07) is 11.0. The molecule has 2 heterocycles. The lowest BCUT2D eigenvalue weighted by Crippen LogP contribution is -2.33. The molecule has 1 aromatic carbocycles. The minimum absolute atomic E-state index is 0.140. The second kappa shape index (κ2) is 7.60. The molecule has 3 aromatic rings. The summed E-state index contributed by atoms with van der Waals surface area (Å²) in [6.45, 7) is 3.71. The summed E-state index contributed by atoms with van der Waals surface area (Å²) in [6.07, 6.45) is 3.17. The lowest BCUT2D eigenvalue weighted by atomic mass is 10.1. The molecule has 3 N–H and O–H groups in total. The predicted octanol–water partition coefficient (Wildman–Crippen LogP) is 2.46. The standard InChI is InChI=1S/C19H19N5O2/c1-12-7-13(2)9-14(8-12)19(26)21-11-17(25)23-16-10-22-24-18(16)15-5-3-4-6-20-15/h3-10H,11H2,1-2H3,(H,21,26)(H,22,24)(H,23,25). The minimum atomic E-state index is -0.346. The van der Waals surface area contributed by atoms with Crippen molar-refractivity contribution in [1.29, 1.82) is 0 Å². The molecule has 0 bridgehead atoms. The summed E-state index contributed by atoms with van der Waals surface area (Å²) in [5.74, 6) is -0.634. The second-order valence-corrected chi connectivity index (χ2v) is 5.98. The highest BCUT2D eigenvalue weighted by Gasteiger charge is 2.13. The largest absolute Gasteiger partial charge is 0.343 e. The highest BCUT2D eigenvalue weighted by Crippen LogP contribution is 2.22. The van der Waals surface area contributed by atoms with Gasteiger partial charge in [-0.2, -0.15) is 5.10 Å². The molecule has 26 heavy (non-hydrogen) atoms. The Balaban J connectivity index is 1.62.